The van der Waals surface area contributed by atoms with E-state index in [1.807, 2.05) is 25.1 Å². The van der Waals surface area contributed by atoms with E-state index >= 15 is 0 Å². The fourth-order valence-corrected chi connectivity index (χ4v) is 1.94. The first-order chi connectivity index (χ1) is 10.6. The van der Waals surface area contributed by atoms with E-state index in [1.165, 1.54) is 0 Å². The maximum absolute atomic E-state index is 11.9. The van der Waals surface area contributed by atoms with Crippen LogP contribution in [0.5, 0.6) is 11.5 Å². The molecule has 1 aromatic heterocycles. The Hall–Kier alpha value is -2.76. The van der Waals surface area contributed by atoms with E-state index in [9.17, 15) is 4.79 Å². The lowest BCUT2D eigenvalue weighted by Crippen LogP contribution is -2.28. The molecule has 0 aliphatic rings. The second kappa shape index (κ2) is 7.31. The van der Waals surface area contributed by atoms with Crippen LogP contribution in [0.4, 0.5) is 10.6 Å². The van der Waals surface area contributed by atoms with E-state index in [1.54, 1.807) is 32.5 Å². The van der Waals surface area contributed by atoms with Gasteiger partial charge in [-0.1, -0.05) is 6.07 Å². The number of methoxy groups -OCH3 is 2. The van der Waals surface area contributed by atoms with Crippen molar-refractivity contribution in [1.29, 1.82) is 0 Å². The Balaban J connectivity index is 1.93. The van der Waals surface area contributed by atoms with Gasteiger partial charge in [-0.25, -0.2) is 9.78 Å². The van der Waals surface area contributed by atoms with Gasteiger partial charge < -0.3 is 14.8 Å². The molecule has 0 fully saturated rings. The minimum atomic E-state index is -0.312. The number of pyridine rings is 1. The molecule has 0 aliphatic heterocycles. The molecular weight excluding hydrogens is 282 g/mol. The zero-order valence-corrected chi connectivity index (χ0v) is 12.8. The van der Waals surface area contributed by atoms with Gasteiger partial charge in [-0.2, -0.15) is 0 Å². The number of hydrogen-bond acceptors (Lipinski definition) is 4. The van der Waals surface area contributed by atoms with Gasteiger partial charge in [0.25, 0.3) is 0 Å². The monoisotopic (exact) mass is 301 g/mol. The molecule has 2 amide bonds. The zero-order valence-electron chi connectivity index (χ0n) is 12.8. The van der Waals surface area contributed by atoms with Crippen LogP contribution >= 0.6 is 0 Å². The van der Waals surface area contributed by atoms with Gasteiger partial charge in [-0.15, -0.1) is 0 Å². The third-order valence-corrected chi connectivity index (χ3v) is 3.06. The Morgan fingerprint density at radius 1 is 1.14 bits per heavy atom. The lowest BCUT2D eigenvalue weighted by molar-refractivity contribution is 0.251. The quantitative estimate of drug-likeness (QED) is 0.890. The minimum absolute atomic E-state index is 0.312. The molecule has 0 saturated heterocycles. The van der Waals surface area contributed by atoms with Crippen molar-refractivity contribution < 1.29 is 14.3 Å². The van der Waals surface area contributed by atoms with Crippen molar-refractivity contribution in [3.63, 3.8) is 0 Å². The second-order valence-electron chi connectivity index (χ2n) is 4.72. The Bertz CT molecular complexity index is 659. The van der Waals surface area contributed by atoms with Gasteiger partial charge in [0.2, 0.25) is 0 Å². The van der Waals surface area contributed by atoms with Crippen LogP contribution in [-0.2, 0) is 6.54 Å². The van der Waals surface area contributed by atoms with E-state index in [4.69, 9.17) is 9.47 Å². The molecule has 0 spiro atoms. The smallest absolute Gasteiger partial charge is 0.320 e. The van der Waals surface area contributed by atoms with Crippen molar-refractivity contribution in [2.24, 2.45) is 0 Å². The summed E-state index contributed by atoms with van der Waals surface area (Å²) in [6, 6.07) is 8.85. The van der Waals surface area contributed by atoms with E-state index in [-0.39, 0.29) is 6.03 Å². The molecule has 1 heterocycles. The molecule has 6 heteroatoms. The normalized spacial score (nSPS) is 9.95. The molecule has 0 aliphatic carbocycles. The first kappa shape index (κ1) is 15.6. The second-order valence-corrected chi connectivity index (χ2v) is 4.72. The molecule has 0 unspecified atom stereocenters. The number of hydrogen-bond donors (Lipinski definition) is 2. The van der Waals surface area contributed by atoms with Gasteiger partial charge in [0, 0.05) is 12.7 Å². The highest BCUT2D eigenvalue weighted by molar-refractivity contribution is 5.88. The van der Waals surface area contributed by atoms with Gasteiger partial charge >= 0.3 is 6.03 Å². The lowest BCUT2D eigenvalue weighted by atomic mass is 10.2. The summed E-state index contributed by atoms with van der Waals surface area (Å²) in [7, 11) is 3.16. The number of benzene rings is 1. The maximum atomic E-state index is 11.9. The average Bonchev–Trinajstić information content (AvgIpc) is 2.52. The Morgan fingerprint density at radius 3 is 2.59 bits per heavy atom. The number of urea groups is 1. The van der Waals surface area contributed by atoms with Crippen LogP contribution in [0, 0.1) is 6.92 Å². The van der Waals surface area contributed by atoms with Crippen molar-refractivity contribution in [2.45, 2.75) is 13.5 Å². The summed E-state index contributed by atoms with van der Waals surface area (Å²) >= 11 is 0. The summed E-state index contributed by atoms with van der Waals surface area (Å²) in [4.78, 5) is 15.9. The summed E-state index contributed by atoms with van der Waals surface area (Å²) in [6.07, 6.45) is 1.65. The van der Waals surface area contributed by atoms with Crippen molar-refractivity contribution >= 4 is 11.8 Å². The van der Waals surface area contributed by atoms with Crippen LogP contribution in [0.1, 0.15) is 11.1 Å². The van der Waals surface area contributed by atoms with Crippen LogP contribution in [0.2, 0.25) is 0 Å². The molecule has 0 saturated carbocycles. The fraction of sp³-hybridized carbons (Fsp3) is 0.250. The highest BCUT2D eigenvalue weighted by Gasteiger charge is 2.06. The molecule has 6 nitrogen and oxygen atoms in total. The van der Waals surface area contributed by atoms with Crippen molar-refractivity contribution in [3.8, 4) is 11.5 Å². The number of carbonyl (C=O) groups is 1. The number of ether oxygens (including phenoxy) is 2. The molecule has 2 rings (SSSR count). The van der Waals surface area contributed by atoms with Crippen LogP contribution in [-0.4, -0.2) is 25.2 Å². The number of amides is 2. The molecule has 0 radical (unpaired) electrons. The molecule has 0 bridgehead atoms. The van der Waals surface area contributed by atoms with Crippen LogP contribution in [0.25, 0.3) is 0 Å². The standard InChI is InChI=1S/C16H19N3O3/c1-11-6-7-17-15(8-11)19-16(20)18-10-12-4-5-13(21-2)14(9-12)22-3/h4-9H,10H2,1-3H3,(H2,17,18,19,20). The van der Waals surface area contributed by atoms with Gasteiger partial charge in [0.1, 0.15) is 5.82 Å². The van der Waals surface area contributed by atoms with Crippen molar-refractivity contribution in [3.05, 3.63) is 47.7 Å². The first-order valence-electron chi connectivity index (χ1n) is 6.81. The molecule has 22 heavy (non-hydrogen) atoms. The predicted molar refractivity (Wildman–Crippen MR) is 84.4 cm³/mol. The third kappa shape index (κ3) is 4.12. The minimum Gasteiger partial charge on any atom is -0.493 e. The molecule has 2 aromatic rings. The van der Waals surface area contributed by atoms with E-state index in [0.717, 1.165) is 11.1 Å². The van der Waals surface area contributed by atoms with E-state index in [2.05, 4.69) is 15.6 Å². The molecule has 2 N–H and O–H groups in total. The average molecular weight is 301 g/mol. The van der Waals surface area contributed by atoms with Gasteiger partial charge in [0.05, 0.1) is 14.2 Å². The lowest BCUT2D eigenvalue weighted by Gasteiger charge is -2.11. The topological polar surface area (TPSA) is 72.5 Å². The van der Waals surface area contributed by atoms with Crippen molar-refractivity contribution in [2.75, 3.05) is 19.5 Å². The largest absolute Gasteiger partial charge is 0.493 e. The molecule has 1 aromatic carbocycles. The SMILES string of the molecule is COc1ccc(CNC(=O)Nc2cc(C)ccn2)cc1OC. The van der Waals surface area contributed by atoms with Crippen LogP contribution in [0.3, 0.4) is 0 Å². The molecule has 0 atom stereocenters. The summed E-state index contributed by atoms with van der Waals surface area (Å²) in [5.74, 6) is 1.80. The first-order valence-corrected chi connectivity index (χ1v) is 6.81. The number of aryl methyl sites for hydroxylation is 1. The summed E-state index contributed by atoms with van der Waals surface area (Å²) in [6.45, 7) is 2.31. The summed E-state index contributed by atoms with van der Waals surface area (Å²) < 4.78 is 10.4. The highest BCUT2D eigenvalue weighted by atomic mass is 16.5. The zero-order chi connectivity index (χ0) is 15.9. The summed E-state index contributed by atoms with van der Waals surface area (Å²) in [5, 5.41) is 5.46. The highest BCUT2D eigenvalue weighted by Crippen LogP contribution is 2.27. The number of nitrogens with zero attached hydrogens (tertiary/aromatic N) is 1. The molecular formula is C16H19N3O3. The number of carbonyl (C=O) groups excluding carboxylic acids is 1. The van der Waals surface area contributed by atoms with Crippen LogP contribution < -0.4 is 20.1 Å². The van der Waals surface area contributed by atoms with Crippen molar-refractivity contribution in [1.82, 2.24) is 10.3 Å². The fourth-order valence-electron chi connectivity index (χ4n) is 1.94. The third-order valence-electron chi connectivity index (χ3n) is 3.06. The van der Waals surface area contributed by atoms with Crippen LogP contribution in [0.15, 0.2) is 36.5 Å². The number of aromatic nitrogens is 1. The Labute approximate surface area is 129 Å². The van der Waals surface area contributed by atoms with E-state index < -0.39 is 0 Å². The number of anilines is 1. The summed E-state index contributed by atoms with van der Waals surface area (Å²) in [5.41, 5.74) is 1.94. The van der Waals surface area contributed by atoms with Gasteiger partial charge in [-0.3, -0.25) is 5.32 Å². The van der Waals surface area contributed by atoms with Gasteiger partial charge in [-0.05, 0) is 42.3 Å². The number of rotatable bonds is 5. The molecule has 116 valence electrons. The Morgan fingerprint density at radius 2 is 1.91 bits per heavy atom. The Kier molecular flexibility index (Phi) is 5.19. The predicted octanol–water partition coefficient (Wildman–Crippen LogP) is 2.73. The van der Waals surface area contributed by atoms with Gasteiger partial charge in [0.15, 0.2) is 11.5 Å². The van der Waals surface area contributed by atoms with E-state index in [0.29, 0.717) is 23.9 Å². The number of nitrogens with one attached hydrogen (secondary N) is 2. The maximum Gasteiger partial charge on any atom is 0.320 e.